The van der Waals surface area contributed by atoms with Gasteiger partial charge in [-0.2, -0.15) is 18.3 Å². The van der Waals surface area contributed by atoms with Gasteiger partial charge in [0.2, 0.25) is 0 Å². The summed E-state index contributed by atoms with van der Waals surface area (Å²) in [6.45, 7) is 1.74. The van der Waals surface area contributed by atoms with E-state index in [1.807, 2.05) is 28.2 Å². The lowest BCUT2D eigenvalue weighted by molar-refractivity contribution is -0.138. The Morgan fingerprint density at radius 2 is 2.00 bits per heavy atom. The van der Waals surface area contributed by atoms with E-state index in [9.17, 15) is 23.1 Å². The fourth-order valence-electron chi connectivity index (χ4n) is 3.73. The van der Waals surface area contributed by atoms with Crippen molar-refractivity contribution < 1.29 is 18.3 Å². The number of halogens is 3. The molecule has 1 aromatic carbocycles. The summed E-state index contributed by atoms with van der Waals surface area (Å²) in [5.74, 6) is 0. The van der Waals surface area contributed by atoms with Crippen molar-refractivity contribution in [1.29, 1.82) is 0 Å². The first-order chi connectivity index (χ1) is 12.3. The van der Waals surface area contributed by atoms with E-state index in [0.717, 1.165) is 23.0 Å². The van der Waals surface area contributed by atoms with Crippen molar-refractivity contribution in [2.45, 2.75) is 31.8 Å². The zero-order chi connectivity index (χ0) is 18.5. The number of nitrogens with one attached hydrogen (secondary N) is 1. The molecule has 1 fully saturated rings. The summed E-state index contributed by atoms with van der Waals surface area (Å²) in [6, 6.07) is 5.66. The van der Waals surface area contributed by atoms with E-state index in [1.165, 1.54) is 4.90 Å². The first-order valence-electron chi connectivity index (χ1n) is 8.28. The standard InChI is InChI=1S/C17H17F3N4O2/c18-17(19,20)15-14(6-21-22-16(15)26)24-7-10-2-1-3-13(12(10)9-24)23-5-4-11(25)8-23/h1-3,6,11,25H,4-5,7-9H2,(H,22,26). The zero-order valence-corrected chi connectivity index (χ0v) is 13.8. The number of H-pyrrole nitrogens is 1. The van der Waals surface area contributed by atoms with Crippen LogP contribution in [0.15, 0.2) is 29.2 Å². The number of anilines is 2. The Kier molecular flexibility index (Phi) is 3.91. The summed E-state index contributed by atoms with van der Waals surface area (Å²) in [7, 11) is 0. The molecule has 2 aromatic rings. The van der Waals surface area contributed by atoms with Crippen LogP contribution in [0, 0.1) is 0 Å². The van der Waals surface area contributed by atoms with Gasteiger partial charge < -0.3 is 14.9 Å². The lowest BCUT2D eigenvalue weighted by Crippen LogP contribution is -2.28. The van der Waals surface area contributed by atoms with Crippen LogP contribution in [-0.2, 0) is 19.3 Å². The third-order valence-electron chi connectivity index (χ3n) is 4.92. The zero-order valence-electron chi connectivity index (χ0n) is 13.8. The first-order valence-corrected chi connectivity index (χ1v) is 8.28. The molecule has 1 atom stereocenters. The van der Waals surface area contributed by atoms with Gasteiger partial charge in [0.25, 0.3) is 5.56 Å². The number of hydrogen-bond donors (Lipinski definition) is 2. The Bertz CT molecular complexity index is 896. The SMILES string of the molecule is O=c1[nH]ncc(N2Cc3cccc(N4CCC(O)C4)c3C2)c1C(F)(F)F. The van der Waals surface area contributed by atoms with Crippen LogP contribution in [-0.4, -0.2) is 34.5 Å². The highest BCUT2D eigenvalue weighted by Gasteiger charge is 2.40. The maximum absolute atomic E-state index is 13.3. The Balaban J connectivity index is 1.71. The number of rotatable bonds is 2. The Morgan fingerprint density at radius 3 is 2.69 bits per heavy atom. The van der Waals surface area contributed by atoms with Crippen LogP contribution < -0.4 is 15.4 Å². The van der Waals surface area contributed by atoms with Crippen molar-refractivity contribution in [2.75, 3.05) is 22.9 Å². The third kappa shape index (κ3) is 2.82. The molecule has 0 amide bonds. The summed E-state index contributed by atoms with van der Waals surface area (Å²) in [5, 5.41) is 15.2. The predicted octanol–water partition coefficient (Wildman–Crippen LogP) is 1.88. The molecular weight excluding hydrogens is 349 g/mol. The fraction of sp³-hybridized carbons (Fsp3) is 0.412. The maximum atomic E-state index is 13.3. The van der Waals surface area contributed by atoms with E-state index >= 15 is 0 Å². The van der Waals surface area contributed by atoms with Crippen LogP contribution in [0.2, 0.25) is 0 Å². The van der Waals surface area contributed by atoms with Gasteiger partial charge in [0.1, 0.15) is 5.56 Å². The molecule has 138 valence electrons. The summed E-state index contributed by atoms with van der Waals surface area (Å²) < 4.78 is 40.0. The number of aliphatic hydroxyl groups excluding tert-OH is 1. The van der Waals surface area contributed by atoms with Crippen LogP contribution in [0.5, 0.6) is 0 Å². The minimum atomic E-state index is -4.76. The smallest absolute Gasteiger partial charge is 0.391 e. The van der Waals surface area contributed by atoms with Gasteiger partial charge in [0, 0.05) is 31.9 Å². The minimum Gasteiger partial charge on any atom is -0.391 e. The van der Waals surface area contributed by atoms with E-state index in [4.69, 9.17) is 0 Å². The molecule has 2 aliphatic rings. The number of β-amino-alcohol motifs (C(OH)–C–C–N with tert-alkyl or cyclic N) is 1. The van der Waals surface area contributed by atoms with E-state index in [2.05, 4.69) is 5.10 Å². The van der Waals surface area contributed by atoms with Crippen molar-refractivity contribution in [2.24, 2.45) is 0 Å². The van der Waals surface area contributed by atoms with Crippen molar-refractivity contribution in [3.63, 3.8) is 0 Å². The van der Waals surface area contributed by atoms with Gasteiger partial charge >= 0.3 is 6.18 Å². The van der Waals surface area contributed by atoms with Gasteiger partial charge in [0.05, 0.1) is 18.0 Å². The normalized spacial score (nSPS) is 19.9. The minimum absolute atomic E-state index is 0.218. The average molecular weight is 366 g/mol. The van der Waals surface area contributed by atoms with E-state index in [1.54, 1.807) is 0 Å². The van der Waals surface area contributed by atoms with E-state index in [0.29, 0.717) is 19.5 Å². The number of fused-ring (bicyclic) bond motifs is 1. The summed E-state index contributed by atoms with van der Waals surface area (Å²) in [4.78, 5) is 15.3. The van der Waals surface area contributed by atoms with Gasteiger partial charge in [-0.05, 0) is 23.6 Å². The molecule has 0 saturated carbocycles. The molecule has 4 rings (SSSR count). The molecule has 26 heavy (non-hydrogen) atoms. The Labute approximate surface area is 146 Å². The number of hydrogen-bond acceptors (Lipinski definition) is 5. The molecule has 0 aliphatic carbocycles. The second-order valence-electron chi connectivity index (χ2n) is 6.62. The van der Waals surface area contributed by atoms with Crippen molar-refractivity contribution in [3.05, 3.63) is 51.4 Å². The largest absolute Gasteiger partial charge is 0.423 e. The molecule has 0 spiro atoms. The highest BCUT2D eigenvalue weighted by atomic mass is 19.4. The number of benzene rings is 1. The Hall–Kier alpha value is -2.55. The second kappa shape index (κ2) is 6.01. The van der Waals surface area contributed by atoms with Gasteiger partial charge in [0.15, 0.2) is 0 Å². The van der Waals surface area contributed by atoms with Gasteiger partial charge in [-0.3, -0.25) is 4.79 Å². The van der Waals surface area contributed by atoms with E-state index < -0.39 is 23.4 Å². The monoisotopic (exact) mass is 366 g/mol. The molecule has 1 aromatic heterocycles. The molecule has 1 unspecified atom stereocenters. The van der Waals surface area contributed by atoms with E-state index in [-0.39, 0.29) is 18.8 Å². The summed E-state index contributed by atoms with van der Waals surface area (Å²) in [6.07, 6.45) is -3.43. The summed E-state index contributed by atoms with van der Waals surface area (Å²) in [5.41, 5.74) is 0.0809. The molecule has 2 aliphatic heterocycles. The first kappa shape index (κ1) is 16.9. The molecule has 9 heteroatoms. The molecule has 0 bridgehead atoms. The highest BCUT2D eigenvalue weighted by molar-refractivity contribution is 5.64. The fourth-order valence-corrected chi connectivity index (χ4v) is 3.73. The molecule has 3 heterocycles. The number of aliphatic hydroxyl groups is 1. The highest BCUT2D eigenvalue weighted by Crippen LogP contribution is 2.39. The molecule has 2 N–H and O–H groups in total. The van der Waals surface area contributed by atoms with Gasteiger partial charge in [-0.1, -0.05) is 12.1 Å². The van der Waals surface area contributed by atoms with Crippen LogP contribution >= 0.6 is 0 Å². The molecular formula is C17H17F3N4O2. The molecule has 1 saturated heterocycles. The second-order valence-corrected chi connectivity index (χ2v) is 6.62. The molecule has 6 nitrogen and oxygen atoms in total. The van der Waals surface area contributed by atoms with Crippen LogP contribution in [0.4, 0.5) is 24.5 Å². The van der Waals surface area contributed by atoms with Crippen LogP contribution in [0.3, 0.4) is 0 Å². The van der Waals surface area contributed by atoms with Crippen molar-refractivity contribution >= 4 is 11.4 Å². The lowest BCUT2D eigenvalue weighted by atomic mass is 10.1. The quantitative estimate of drug-likeness (QED) is 0.849. The van der Waals surface area contributed by atoms with Crippen LogP contribution in [0.25, 0.3) is 0 Å². The average Bonchev–Trinajstić information content (AvgIpc) is 3.19. The number of nitrogens with zero attached hydrogens (tertiary/aromatic N) is 3. The maximum Gasteiger partial charge on any atom is 0.423 e. The predicted molar refractivity (Wildman–Crippen MR) is 89.0 cm³/mol. The van der Waals surface area contributed by atoms with Crippen molar-refractivity contribution in [3.8, 4) is 0 Å². The number of aromatic nitrogens is 2. The van der Waals surface area contributed by atoms with Gasteiger partial charge in [-0.25, -0.2) is 5.10 Å². The van der Waals surface area contributed by atoms with Gasteiger partial charge in [-0.15, -0.1) is 0 Å². The van der Waals surface area contributed by atoms with Crippen molar-refractivity contribution in [1.82, 2.24) is 10.2 Å². The number of alkyl halides is 3. The third-order valence-corrected chi connectivity index (χ3v) is 4.92. The number of aromatic amines is 1. The van der Waals surface area contributed by atoms with Crippen LogP contribution in [0.1, 0.15) is 23.1 Å². The topological polar surface area (TPSA) is 72.5 Å². The Morgan fingerprint density at radius 1 is 1.19 bits per heavy atom. The lowest BCUT2D eigenvalue weighted by Gasteiger charge is -2.23. The summed E-state index contributed by atoms with van der Waals surface area (Å²) >= 11 is 0. The molecule has 0 radical (unpaired) electrons.